The average molecular weight is 298 g/mol. The summed E-state index contributed by atoms with van der Waals surface area (Å²) in [7, 11) is 0. The summed E-state index contributed by atoms with van der Waals surface area (Å²) >= 11 is 0. The molecule has 0 saturated heterocycles. The first-order valence-corrected chi connectivity index (χ1v) is 7.00. The van der Waals surface area contributed by atoms with Gasteiger partial charge in [0.25, 0.3) is 0 Å². The molecule has 3 aromatic rings. The van der Waals surface area contributed by atoms with Gasteiger partial charge in [-0.05, 0) is 25.0 Å². The molecule has 2 heterocycles. The van der Waals surface area contributed by atoms with E-state index in [1.807, 2.05) is 10.6 Å². The van der Waals surface area contributed by atoms with Crippen LogP contribution in [0, 0.1) is 11.6 Å². The summed E-state index contributed by atoms with van der Waals surface area (Å²) in [6.45, 7) is 3.67. The molecule has 0 radical (unpaired) electrons. The second kappa shape index (κ2) is 4.69. The third-order valence-corrected chi connectivity index (χ3v) is 3.78. The molecule has 2 aromatic heterocycles. The van der Waals surface area contributed by atoms with Crippen molar-refractivity contribution in [1.82, 2.24) is 19.7 Å². The van der Waals surface area contributed by atoms with Crippen molar-refractivity contribution < 1.29 is 8.78 Å². The maximum absolute atomic E-state index is 13.6. The normalized spacial score (nSPS) is 14.5. The molecule has 0 amide bonds. The first kappa shape index (κ1) is 13.1. The Kier molecular flexibility index (Phi) is 2.79. The molecule has 4 rings (SSSR count). The van der Waals surface area contributed by atoms with Gasteiger partial charge < -0.3 is 4.57 Å². The number of rotatable bonds is 3. The van der Waals surface area contributed by atoms with Gasteiger partial charge in [0.1, 0.15) is 5.82 Å². The van der Waals surface area contributed by atoms with Crippen molar-refractivity contribution in [3.8, 4) is 11.4 Å². The molecule has 0 bridgehead atoms. The van der Waals surface area contributed by atoms with Crippen molar-refractivity contribution in [3.63, 3.8) is 0 Å². The zero-order chi connectivity index (χ0) is 15.3. The van der Waals surface area contributed by atoms with Crippen LogP contribution in [0.1, 0.15) is 24.6 Å². The SMILES string of the molecule is C=Cc1cc(-c2nc3cc(F)c(F)cc3n2C2CC2)cnn1. The molecule has 1 fully saturated rings. The maximum atomic E-state index is 13.6. The van der Waals surface area contributed by atoms with E-state index in [-0.39, 0.29) is 6.04 Å². The maximum Gasteiger partial charge on any atom is 0.161 e. The molecule has 0 aliphatic heterocycles. The van der Waals surface area contributed by atoms with Crippen LogP contribution < -0.4 is 0 Å². The van der Waals surface area contributed by atoms with Crippen LogP contribution >= 0.6 is 0 Å². The standard InChI is InChI=1S/C16H12F2N4/c1-2-10-5-9(8-19-21-10)16-20-14-6-12(17)13(18)7-15(14)22(16)11-3-4-11/h2,5-8,11H,1,3-4H2. The lowest BCUT2D eigenvalue weighted by Gasteiger charge is -2.07. The molecule has 6 heteroatoms. The molecule has 110 valence electrons. The van der Waals surface area contributed by atoms with Gasteiger partial charge >= 0.3 is 0 Å². The lowest BCUT2D eigenvalue weighted by atomic mass is 10.2. The van der Waals surface area contributed by atoms with E-state index < -0.39 is 11.6 Å². The summed E-state index contributed by atoms with van der Waals surface area (Å²) in [5.41, 5.74) is 2.43. The van der Waals surface area contributed by atoms with Crippen LogP contribution in [0.15, 0.2) is 31.0 Å². The van der Waals surface area contributed by atoms with E-state index in [0.717, 1.165) is 24.5 Å². The van der Waals surface area contributed by atoms with Crippen molar-refractivity contribution in [2.24, 2.45) is 0 Å². The summed E-state index contributed by atoms with van der Waals surface area (Å²) in [5, 5.41) is 7.87. The number of hydrogen-bond donors (Lipinski definition) is 0. The Balaban J connectivity index is 2.00. The van der Waals surface area contributed by atoms with Crippen molar-refractivity contribution >= 4 is 17.1 Å². The predicted octanol–water partition coefficient (Wildman–Crippen LogP) is 3.75. The highest BCUT2D eigenvalue weighted by molar-refractivity contribution is 5.81. The number of nitrogens with zero attached hydrogens (tertiary/aromatic N) is 4. The summed E-state index contributed by atoms with van der Waals surface area (Å²) in [6.07, 6.45) is 5.20. The summed E-state index contributed by atoms with van der Waals surface area (Å²) in [5.74, 6) is -1.10. The molecular weight excluding hydrogens is 286 g/mol. The highest BCUT2D eigenvalue weighted by Gasteiger charge is 2.29. The van der Waals surface area contributed by atoms with Gasteiger partial charge in [0, 0.05) is 23.7 Å². The number of hydrogen-bond acceptors (Lipinski definition) is 3. The third-order valence-electron chi connectivity index (χ3n) is 3.78. The third kappa shape index (κ3) is 1.99. The number of imidazole rings is 1. The Bertz CT molecular complexity index is 897. The second-order valence-corrected chi connectivity index (χ2v) is 5.36. The molecule has 1 saturated carbocycles. The number of fused-ring (bicyclic) bond motifs is 1. The lowest BCUT2D eigenvalue weighted by Crippen LogP contribution is -1.99. The van der Waals surface area contributed by atoms with Crippen LogP contribution in [-0.4, -0.2) is 19.7 Å². The minimum atomic E-state index is -0.890. The van der Waals surface area contributed by atoms with Crippen LogP contribution in [0.4, 0.5) is 8.78 Å². The molecule has 0 atom stereocenters. The summed E-state index contributed by atoms with van der Waals surface area (Å²) in [4.78, 5) is 4.48. The Morgan fingerprint density at radius 3 is 2.68 bits per heavy atom. The Hall–Kier alpha value is -2.63. The lowest BCUT2D eigenvalue weighted by molar-refractivity contribution is 0.510. The Morgan fingerprint density at radius 2 is 1.95 bits per heavy atom. The van der Waals surface area contributed by atoms with Crippen LogP contribution in [0.3, 0.4) is 0 Å². The van der Waals surface area contributed by atoms with E-state index in [4.69, 9.17) is 0 Å². The number of aromatic nitrogens is 4. The fraction of sp³-hybridized carbons (Fsp3) is 0.188. The van der Waals surface area contributed by atoms with E-state index in [0.29, 0.717) is 22.6 Å². The van der Waals surface area contributed by atoms with Crippen LogP contribution in [0.5, 0.6) is 0 Å². The van der Waals surface area contributed by atoms with Gasteiger partial charge in [-0.3, -0.25) is 0 Å². The fourth-order valence-corrected chi connectivity index (χ4v) is 2.60. The first-order valence-electron chi connectivity index (χ1n) is 7.00. The molecule has 0 spiro atoms. The van der Waals surface area contributed by atoms with Gasteiger partial charge in [-0.2, -0.15) is 10.2 Å². The van der Waals surface area contributed by atoms with Gasteiger partial charge in [0.2, 0.25) is 0 Å². The van der Waals surface area contributed by atoms with E-state index >= 15 is 0 Å². The molecular formula is C16H12F2N4. The van der Waals surface area contributed by atoms with Gasteiger partial charge in [-0.1, -0.05) is 6.58 Å². The highest BCUT2D eigenvalue weighted by atomic mass is 19.2. The molecule has 1 aliphatic rings. The second-order valence-electron chi connectivity index (χ2n) is 5.36. The van der Waals surface area contributed by atoms with E-state index in [1.54, 1.807) is 12.3 Å². The molecule has 0 unspecified atom stereocenters. The van der Waals surface area contributed by atoms with Gasteiger partial charge in [-0.25, -0.2) is 13.8 Å². The first-order chi connectivity index (χ1) is 10.7. The van der Waals surface area contributed by atoms with E-state index in [2.05, 4.69) is 21.8 Å². The van der Waals surface area contributed by atoms with E-state index in [9.17, 15) is 8.78 Å². The Labute approximate surface area is 125 Å². The predicted molar refractivity (Wildman–Crippen MR) is 79.0 cm³/mol. The zero-order valence-corrected chi connectivity index (χ0v) is 11.6. The topological polar surface area (TPSA) is 43.6 Å². The Morgan fingerprint density at radius 1 is 1.18 bits per heavy atom. The average Bonchev–Trinajstić information content (AvgIpc) is 3.30. The number of benzene rings is 1. The van der Waals surface area contributed by atoms with Crippen molar-refractivity contribution in [1.29, 1.82) is 0 Å². The zero-order valence-electron chi connectivity index (χ0n) is 11.6. The quantitative estimate of drug-likeness (QED) is 0.739. The number of halogens is 2. The van der Waals surface area contributed by atoms with Gasteiger partial charge in [0.15, 0.2) is 11.6 Å². The summed E-state index contributed by atoms with van der Waals surface area (Å²) < 4.78 is 29.0. The van der Waals surface area contributed by atoms with Crippen molar-refractivity contribution in [3.05, 3.63) is 48.3 Å². The molecule has 1 aromatic carbocycles. The minimum absolute atomic E-state index is 0.269. The van der Waals surface area contributed by atoms with Crippen LogP contribution in [0.25, 0.3) is 28.5 Å². The molecule has 4 nitrogen and oxygen atoms in total. The fourth-order valence-electron chi connectivity index (χ4n) is 2.60. The molecule has 22 heavy (non-hydrogen) atoms. The van der Waals surface area contributed by atoms with E-state index in [1.165, 1.54) is 6.07 Å². The monoisotopic (exact) mass is 298 g/mol. The van der Waals surface area contributed by atoms with Crippen LogP contribution in [-0.2, 0) is 0 Å². The van der Waals surface area contributed by atoms with Crippen molar-refractivity contribution in [2.45, 2.75) is 18.9 Å². The van der Waals surface area contributed by atoms with Crippen LogP contribution in [0.2, 0.25) is 0 Å². The van der Waals surface area contributed by atoms with Gasteiger partial charge in [-0.15, -0.1) is 0 Å². The largest absolute Gasteiger partial charge is 0.321 e. The minimum Gasteiger partial charge on any atom is -0.321 e. The van der Waals surface area contributed by atoms with Gasteiger partial charge in [0.05, 0.1) is 22.9 Å². The molecule has 0 N–H and O–H groups in total. The summed E-state index contributed by atoms with van der Waals surface area (Å²) in [6, 6.07) is 4.43. The van der Waals surface area contributed by atoms with Crippen molar-refractivity contribution in [2.75, 3.05) is 0 Å². The molecule has 1 aliphatic carbocycles. The smallest absolute Gasteiger partial charge is 0.161 e. The highest BCUT2D eigenvalue weighted by Crippen LogP contribution is 2.41.